The minimum absolute atomic E-state index is 0.418. The molecule has 0 radical (unpaired) electrons. The van der Waals surface area contributed by atoms with Crippen molar-refractivity contribution in [3.63, 3.8) is 0 Å². The standard InChI is InChI=1S/C40H70OSi/c1-11-31-14-12-13-15-32(31)17-16-30(8)36-20-21-37-35-19-18-33-26-34(41-42(27(2)3,28(4)5)29(6)7)22-24-39(33,9)38(35)23-25-40(36,37)10/h16-18,27-32,34-38H,11-15,19-26H2,1-10H3/b17-16+/t30-,31?,32?,34+,35+,36-,37+,38+,39+,40-/m1/s1. The molecule has 10 atom stereocenters. The molecule has 5 aliphatic rings. The zero-order chi connectivity index (χ0) is 30.4. The van der Waals surface area contributed by atoms with E-state index in [4.69, 9.17) is 4.43 Å². The lowest BCUT2D eigenvalue weighted by Crippen LogP contribution is -2.53. The number of fused-ring (bicyclic) bond motifs is 5. The minimum atomic E-state index is -1.83. The van der Waals surface area contributed by atoms with E-state index in [2.05, 4.69) is 87.5 Å². The van der Waals surface area contributed by atoms with Gasteiger partial charge in [0.15, 0.2) is 0 Å². The maximum absolute atomic E-state index is 7.39. The van der Waals surface area contributed by atoms with Gasteiger partial charge in [-0.25, -0.2) is 0 Å². The highest BCUT2D eigenvalue weighted by molar-refractivity contribution is 6.77. The van der Waals surface area contributed by atoms with Crippen molar-refractivity contribution >= 4 is 8.32 Å². The van der Waals surface area contributed by atoms with E-state index in [0.29, 0.717) is 33.6 Å². The molecule has 0 aliphatic heterocycles. The highest BCUT2D eigenvalue weighted by atomic mass is 28.4. The maximum atomic E-state index is 7.39. The second kappa shape index (κ2) is 12.8. The molecule has 1 nitrogen and oxygen atoms in total. The van der Waals surface area contributed by atoms with Crippen LogP contribution in [-0.2, 0) is 4.43 Å². The van der Waals surface area contributed by atoms with Crippen molar-refractivity contribution in [2.24, 2.45) is 52.3 Å². The summed E-state index contributed by atoms with van der Waals surface area (Å²) in [6, 6.07) is 0. The molecule has 2 heteroatoms. The smallest absolute Gasteiger partial charge is 0.200 e. The first-order chi connectivity index (χ1) is 19.9. The van der Waals surface area contributed by atoms with Crippen LogP contribution >= 0.6 is 0 Å². The van der Waals surface area contributed by atoms with E-state index >= 15 is 0 Å². The first-order valence-electron chi connectivity index (χ1n) is 18.9. The van der Waals surface area contributed by atoms with Gasteiger partial charge in [-0.3, -0.25) is 0 Å². The fraction of sp³-hybridized carbons (Fsp3) is 0.900. The normalized spacial score (nSPS) is 41.6. The Balaban J connectivity index is 1.28. The van der Waals surface area contributed by atoms with Gasteiger partial charge in [0.05, 0.1) is 0 Å². The molecular weight excluding hydrogens is 525 g/mol. The second-order valence-electron chi connectivity index (χ2n) is 17.6. The molecule has 0 aromatic carbocycles. The molecular formula is C40H70OSi. The molecule has 0 bridgehead atoms. The molecule has 4 saturated carbocycles. The summed E-state index contributed by atoms with van der Waals surface area (Å²) in [5.74, 6) is 6.15. The SMILES string of the molecule is CCC1CCCCC1/C=C/[C@@H](C)[C@H]1CC[C@H]2[C@@H]3CC=C4C[C@@H](O[Si](C(C)C)(C(C)C)C(C)C)CC[C@]4(C)[C@H]3CC[C@]12C. The van der Waals surface area contributed by atoms with Crippen molar-refractivity contribution in [3.05, 3.63) is 23.8 Å². The van der Waals surface area contributed by atoms with Gasteiger partial charge in [0.25, 0.3) is 0 Å². The summed E-state index contributed by atoms with van der Waals surface area (Å²) in [5, 5.41) is 0. The molecule has 42 heavy (non-hydrogen) atoms. The Morgan fingerprint density at radius 3 is 2.21 bits per heavy atom. The predicted octanol–water partition coefficient (Wildman–Crippen LogP) is 12.5. The Morgan fingerprint density at radius 2 is 1.55 bits per heavy atom. The molecule has 0 saturated heterocycles. The molecule has 2 unspecified atom stereocenters. The van der Waals surface area contributed by atoms with Crippen molar-refractivity contribution < 1.29 is 4.43 Å². The Hall–Kier alpha value is -0.343. The molecule has 5 aliphatic carbocycles. The third kappa shape index (κ3) is 5.62. The first-order valence-corrected chi connectivity index (χ1v) is 21.1. The molecule has 5 rings (SSSR count). The van der Waals surface area contributed by atoms with Gasteiger partial charge < -0.3 is 4.43 Å². The van der Waals surface area contributed by atoms with Gasteiger partial charge in [0.1, 0.15) is 0 Å². The van der Waals surface area contributed by atoms with Crippen LogP contribution in [0.25, 0.3) is 0 Å². The second-order valence-corrected chi connectivity index (χ2v) is 23.1. The summed E-state index contributed by atoms with van der Waals surface area (Å²) >= 11 is 0. The Kier molecular flexibility index (Phi) is 10.1. The molecule has 0 aromatic heterocycles. The average Bonchev–Trinajstić information content (AvgIpc) is 3.31. The summed E-state index contributed by atoms with van der Waals surface area (Å²) in [6.07, 6.45) is 26.9. The molecule has 0 N–H and O–H groups in total. The molecule has 0 heterocycles. The van der Waals surface area contributed by atoms with Gasteiger partial charge in [-0.1, -0.05) is 112 Å². The van der Waals surface area contributed by atoms with Crippen molar-refractivity contribution in [1.29, 1.82) is 0 Å². The van der Waals surface area contributed by atoms with Crippen LogP contribution in [0.5, 0.6) is 0 Å². The summed E-state index contributed by atoms with van der Waals surface area (Å²) in [6.45, 7) is 25.1. The topological polar surface area (TPSA) is 9.23 Å². The largest absolute Gasteiger partial charge is 0.413 e. The van der Waals surface area contributed by atoms with Crippen LogP contribution in [0.4, 0.5) is 0 Å². The predicted molar refractivity (Wildman–Crippen MR) is 185 cm³/mol. The van der Waals surface area contributed by atoms with Gasteiger partial charge in [-0.15, -0.1) is 0 Å². The quantitative estimate of drug-likeness (QED) is 0.190. The van der Waals surface area contributed by atoms with Gasteiger partial charge >= 0.3 is 0 Å². The Morgan fingerprint density at radius 1 is 0.857 bits per heavy atom. The zero-order valence-electron chi connectivity index (χ0n) is 29.7. The lowest BCUT2D eigenvalue weighted by atomic mass is 9.47. The number of rotatable bonds is 9. The van der Waals surface area contributed by atoms with Crippen molar-refractivity contribution in [3.8, 4) is 0 Å². The first kappa shape index (κ1) is 33.0. The van der Waals surface area contributed by atoms with E-state index < -0.39 is 8.32 Å². The van der Waals surface area contributed by atoms with Crippen LogP contribution in [0.1, 0.15) is 153 Å². The van der Waals surface area contributed by atoms with E-state index in [0.717, 1.165) is 41.4 Å². The van der Waals surface area contributed by atoms with Crippen LogP contribution in [0, 0.1) is 52.3 Å². The summed E-state index contributed by atoms with van der Waals surface area (Å²) in [4.78, 5) is 0. The molecule has 4 fully saturated rings. The third-order valence-electron chi connectivity index (χ3n) is 15.0. The van der Waals surface area contributed by atoms with Gasteiger partial charge in [-0.05, 0) is 133 Å². The summed E-state index contributed by atoms with van der Waals surface area (Å²) in [5.41, 5.74) is 4.79. The van der Waals surface area contributed by atoms with Crippen LogP contribution in [-0.4, -0.2) is 14.4 Å². The lowest BCUT2D eigenvalue weighted by Gasteiger charge is -2.59. The molecule has 0 amide bonds. The highest BCUT2D eigenvalue weighted by Crippen LogP contribution is 2.67. The summed E-state index contributed by atoms with van der Waals surface area (Å²) < 4.78 is 7.39. The monoisotopic (exact) mass is 595 g/mol. The summed E-state index contributed by atoms with van der Waals surface area (Å²) in [7, 11) is -1.83. The van der Waals surface area contributed by atoms with Crippen molar-refractivity contribution in [2.75, 3.05) is 0 Å². The molecule has 0 aromatic rings. The van der Waals surface area contributed by atoms with E-state index in [1.165, 1.54) is 83.5 Å². The van der Waals surface area contributed by atoms with Crippen LogP contribution in [0.3, 0.4) is 0 Å². The molecule has 240 valence electrons. The minimum Gasteiger partial charge on any atom is -0.413 e. The zero-order valence-corrected chi connectivity index (χ0v) is 30.7. The number of allylic oxidation sites excluding steroid dienone is 3. The fourth-order valence-electron chi connectivity index (χ4n) is 12.8. The third-order valence-corrected chi connectivity index (χ3v) is 21.2. The highest BCUT2D eigenvalue weighted by Gasteiger charge is 2.59. The average molecular weight is 595 g/mol. The van der Waals surface area contributed by atoms with Crippen LogP contribution in [0.2, 0.25) is 16.6 Å². The van der Waals surface area contributed by atoms with Gasteiger partial charge in [-0.2, -0.15) is 0 Å². The van der Waals surface area contributed by atoms with E-state index in [9.17, 15) is 0 Å². The lowest BCUT2D eigenvalue weighted by molar-refractivity contribution is -0.0534. The van der Waals surface area contributed by atoms with Gasteiger partial charge in [0.2, 0.25) is 8.32 Å². The number of hydrogen-bond acceptors (Lipinski definition) is 1. The fourth-order valence-corrected chi connectivity index (χ4v) is 18.4. The Bertz CT molecular complexity index is 954. The number of hydrogen-bond donors (Lipinski definition) is 0. The maximum Gasteiger partial charge on any atom is 0.200 e. The van der Waals surface area contributed by atoms with E-state index in [-0.39, 0.29) is 0 Å². The Labute approximate surface area is 263 Å². The van der Waals surface area contributed by atoms with Crippen LogP contribution in [0.15, 0.2) is 23.8 Å². The van der Waals surface area contributed by atoms with E-state index in [1.54, 1.807) is 5.57 Å². The van der Waals surface area contributed by atoms with Crippen molar-refractivity contribution in [2.45, 2.75) is 175 Å². The van der Waals surface area contributed by atoms with Crippen molar-refractivity contribution in [1.82, 2.24) is 0 Å². The molecule has 0 spiro atoms. The van der Waals surface area contributed by atoms with E-state index in [1.807, 2.05) is 0 Å². The van der Waals surface area contributed by atoms with Gasteiger partial charge in [0, 0.05) is 6.10 Å². The van der Waals surface area contributed by atoms with Crippen LogP contribution < -0.4 is 0 Å².